The predicted molar refractivity (Wildman–Crippen MR) is 179 cm³/mol. The fraction of sp³-hybridized carbons (Fsp3) is 0.571. The van der Waals surface area contributed by atoms with Crippen LogP contribution in [0.2, 0.25) is 5.02 Å². The van der Waals surface area contributed by atoms with Gasteiger partial charge in [-0.05, 0) is 62.9 Å². The first-order valence-electron chi connectivity index (χ1n) is 16.9. The Morgan fingerprint density at radius 2 is 1.70 bits per heavy atom. The van der Waals surface area contributed by atoms with Crippen molar-refractivity contribution in [1.29, 1.82) is 0 Å². The summed E-state index contributed by atoms with van der Waals surface area (Å²) in [6, 6.07) is 13.1. The third-order valence-electron chi connectivity index (χ3n) is 11.3. The van der Waals surface area contributed by atoms with E-state index in [2.05, 4.69) is 22.2 Å². The molecule has 2 bridgehead atoms. The number of likely N-dealkylation sites (tertiary alicyclic amines) is 1. The molecule has 3 amide bonds. The number of aryl methyl sites for hydroxylation is 1. The second kappa shape index (κ2) is 12.8. The van der Waals surface area contributed by atoms with E-state index in [1.807, 2.05) is 42.2 Å². The molecule has 0 aliphatic carbocycles. The van der Waals surface area contributed by atoms with Crippen LogP contribution in [0, 0.1) is 6.92 Å². The van der Waals surface area contributed by atoms with Crippen LogP contribution in [0.1, 0.15) is 55.2 Å². The number of carbonyl (C=O) groups is 3. The standard InChI is InChI=1S/C35H45ClN6O5/c1-22-17-23(18-28(36)31(22)37)19-30(32(43)41-15-13-40(14-16-41)26-20-24-7-8-25(21-26)39(24)2)46-34(45)42-11-9-35(10-12-42)27-5-3-4-6-29(27)38-33(44)47-35/h3-6,17-18,24-26,30H,7-16,19-21,37H2,1-2H3,(H,38,44)/t24?,25?,26?,30-/m1/s1. The largest absolute Gasteiger partial charge is 0.438 e. The smallest absolute Gasteiger partial charge is 0.412 e. The van der Waals surface area contributed by atoms with Gasteiger partial charge in [0.2, 0.25) is 0 Å². The summed E-state index contributed by atoms with van der Waals surface area (Å²) in [6.07, 6.45) is 3.94. The number of hydrogen-bond donors (Lipinski definition) is 2. The van der Waals surface area contributed by atoms with Crippen molar-refractivity contribution >= 4 is 41.1 Å². The van der Waals surface area contributed by atoms with Gasteiger partial charge in [-0.1, -0.05) is 35.9 Å². The first-order valence-corrected chi connectivity index (χ1v) is 17.3. The zero-order valence-electron chi connectivity index (χ0n) is 27.3. The van der Waals surface area contributed by atoms with E-state index in [1.165, 1.54) is 25.7 Å². The maximum atomic E-state index is 14.1. The lowest BCUT2D eigenvalue weighted by Crippen LogP contribution is -2.57. The highest BCUT2D eigenvalue weighted by molar-refractivity contribution is 6.33. The summed E-state index contributed by atoms with van der Waals surface area (Å²) in [5, 5.41) is 3.18. The molecule has 2 unspecified atom stereocenters. The van der Waals surface area contributed by atoms with Gasteiger partial charge in [0.25, 0.3) is 5.91 Å². The number of hydrogen-bond acceptors (Lipinski definition) is 8. The molecule has 2 aromatic rings. The van der Waals surface area contributed by atoms with Gasteiger partial charge in [0.15, 0.2) is 6.10 Å². The number of nitrogen functional groups attached to an aromatic ring is 1. The van der Waals surface area contributed by atoms with E-state index in [0.29, 0.717) is 67.9 Å². The summed E-state index contributed by atoms with van der Waals surface area (Å²) in [5.41, 5.74) is 9.01. The molecule has 5 heterocycles. The van der Waals surface area contributed by atoms with Crippen molar-refractivity contribution in [2.45, 2.75) is 81.7 Å². The molecule has 0 aromatic heterocycles. The van der Waals surface area contributed by atoms with Crippen LogP contribution >= 0.6 is 11.6 Å². The summed E-state index contributed by atoms with van der Waals surface area (Å²) < 4.78 is 11.9. The monoisotopic (exact) mass is 664 g/mol. The van der Waals surface area contributed by atoms with Crippen molar-refractivity contribution in [2.24, 2.45) is 0 Å². The van der Waals surface area contributed by atoms with E-state index in [0.717, 1.165) is 35.5 Å². The number of halogens is 1. The average molecular weight is 665 g/mol. The molecule has 5 aliphatic heterocycles. The van der Waals surface area contributed by atoms with E-state index in [4.69, 9.17) is 26.8 Å². The average Bonchev–Trinajstić information content (AvgIpc) is 3.25. The molecule has 11 nitrogen and oxygen atoms in total. The number of benzene rings is 2. The first kappa shape index (κ1) is 32.0. The van der Waals surface area contributed by atoms with Gasteiger partial charge in [-0.25, -0.2) is 9.59 Å². The Morgan fingerprint density at radius 3 is 2.38 bits per heavy atom. The van der Waals surface area contributed by atoms with Crippen LogP contribution < -0.4 is 11.1 Å². The van der Waals surface area contributed by atoms with Gasteiger partial charge in [-0.3, -0.25) is 15.0 Å². The van der Waals surface area contributed by atoms with Crippen molar-refractivity contribution in [3.63, 3.8) is 0 Å². The predicted octanol–water partition coefficient (Wildman–Crippen LogP) is 4.60. The van der Waals surface area contributed by atoms with Gasteiger partial charge in [0.05, 0.1) is 16.4 Å². The lowest BCUT2D eigenvalue weighted by atomic mass is 9.82. The molecule has 1 spiro atoms. The number of anilines is 2. The Morgan fingerprint density at radius 1 is 1.02 bits per heavy atom. The summed E-state index contributed by atoms with van der Waals surface area (Å²) in [5.74, 6) is -0.193. The Kier molecular flexibility index (Phi) is 8.73. The van der Waals surface area contributed by atoms with Gasteiger partial charge in [0.1, 0.15) is 5.60 Å². The Bertz CT molecular complexity index is 1500. The van der Waals surface area contributed by atoms with Crippen molar-refractivity contribution < 1.29 is 23.9 Å². The fourth-order valence-corrected chi connectivity index (χ4v) is 8.79. The molecule has 4 fully saturated rings. The summed E-state index contributed by atoms with van der Waals surface area (Å²) in [4.78, 5) is 48.7. The number of nitrogens with two attached hydrogens (primary N) is 1. The minimum Gasteiger partial charge on any atom is -0.438 e. The zero-order chi connectivity index (χ0) is 32.9. The molecular formula is C35H45ClN6O5. The highest BCUT2D eigenvalue weighted by Gasteiger charge is 2.46. The molecule has 252 valence electrons. The van der Waals surface area contributed by atoms with Crippen LogP contribution in [0.4, 0.5) is 21.0 Å². The SMILES string of the molecule is Cc1cc(C[C@@H](OC(=O)N2CCC3(CC2)OC(=O)Nc2ccccc23)C(=O)N2CCN(C3CC4CCC(C3)N4C)CC2)cc(Cl)c1N. The molecule has 0 radical (unpaired) electrons. The highest BCUT2D eigenvalue weighted by Crippen LogP contribution is 2.43. The van der Waals surface area contributed by atoms with Crippen LogP contribution in [0.15, 0.2) is 36.4 Å². The molecule has 47 heavy (non-hydrogen) atoms. The quantitative estimate of drug-likeness (QED) is 0.445. The molecule has 3 atom stereocenters. The second-order valence-corrected chi connectivity index (χ2v) is 14.4. The molecule has 0 saturated carbocycles. The summed E-state index contributed by atoms with van der Waals surface area (Å²) >= 11 is 6.41. The van der Waals surface area contributed by atoms with Gasteiger partial charge in [0, 0.05) is 82.2 Å². The number of carbonyl (C=O) groups excluding carboxylic acids is 3. The molecular weight excluding hydrogens is 620 g/mol. The Hall–Kier alpha value is -3.54. The lowest BCUT2D eigenvalue weighted by molar-refractivity contribution is -0.143. The fourth-order valence-electron chi connectivity index (χ4n) is 8.51. The van der Waals surface area contributed by atoms with E-state index in [-0.39, 0.29) is 12.3 Å². The number of para-hydroxylation sites is 1. The summed E-state index contributed by atoms with van der Waals surface area (Å²) in [7, 11) is 2.26. The third-order valence-corrected chi connectivity index (χ3v) is 11.6. The van der Waals surface area contributed by atoms with Crippen molar-refractivity contribution in [3.05, 3.63) is 58.1 Å². The Balaban J connectivity index is 1.03. The number of piperazine rings is 1. The van der Waals surface area contributed by atoms with Gasteiger partial charge in [-0.2, -0.15) is 0 Å². The molecule has 3 N–H and O–H groups in total. The van der Waals surface area contributed by atoms with E-state index in [9.17, 15) is 14.4 Å². The number of piperidine rings is 2. The zero-order valence-corrected chi connectivity index (χ0v) is 28.0. The number of nitrogens with zero attached hydrogens (tertiary/aromatic N) is 4. The van der Waals surface area contributed by atoms with Crippen LogP contribution in [-0.2, 0) is 26.3 Å². The van der Waals surface area contributed by atoms with Crippen LogP contribution in [0.3, 0.4) is 0 Å². The van der Waals surface area contributed by atoms with Crippen molar-refractivity contribution in [1.82, 2.24) is 19.6 Å². The minimum atomic E-state index is -1.01. The lowest BCUT2D eigenvalue weighted by Gasteiger charge is -2.45. The highest BCUT2D eigenvalue weighted by atomic mass is 35.5. The minimum absolute atomic E-state index is 0.193. The molecule has 2 aromatic carbocycles. The van der Waals surface area contributed by atoms with Crippen molar-refractivity contribution in [2.75, 3.05) is 57.4 Å². The van der Waals surface area contributed by atoms with Crippen LogP contribution in [0.25, 0.3) is 0 Å². The molecule has 5 aliphatic rings. The number of amides is 3. The van der Waals surface area contributed by atoms with Gasteiger partial charge < -0.3 is 29.9 Å². The van der Waals surface area contributed by atoms with Gasteiger partial charge in [-0.15, -0.1) is 0 Å². The van der Waals surface area contributed by atoms with E-state index in [1.54, 1.807) is 11.0 Å². The Labute approximate surface area is 281 Å². The first-order chi connectivity index (χ1) is 22.6. The number of ether oxygens (including phenoxy) is 2. The van der Waals surface area contributed by atoms with Crippen LogP contribution in [0.5, 0.6) is 0 Å². The number of nitrogens with one attached hydrogen (secondary N) is 1. The molecule has 4 saturated heterocycles. The molecule has 12 heteroatoms. The van der Waals surface area contributed by atoms with Crippen LogP contribution in [-0.4, -0.2) is 108 Å². The van der Waals surface area contributed by atoms with Gasteiger partial charge >= 0.3 is 12.2 Å². The maximum absolute atomic E-state index is 14.1. The number of rotatable bonds is 5. The van der Waals surface area contributed by atoms with E-state index < -0.39 is 23.9 Å². The second-order valence-electron chi connectivity index (χ2n) is 14.0. The topological polar surface area (TPSA) is 121 Å². The third kappa shape index (κ3) is 6.25. The number of fused-ring (bicyclic) bond motifs is 4. The molecule has 7 rings (SSSR count). The maximum Gasteiger partial charge on any atom is 0.412 e. The summed E-state index contributed by atoms with van der Waals surface area (Å²) in [6.45, 7) is 5.35. The van der Waals surface area contributed by atoms with E-state index >= 15 is 0 Å². The normalized spacial score (nSPS) is 26.4. The van der Waals surface area contributed by atoms with Crippen molar-refractivity contribution in [3.8, 4) is 0 Å².